The smallest absolute Gasteiger partial charge is 0.271 e. The van der Waals surface area contributed by atoms with Crippen LogP contribution in [0.1, 0.15) is 64.2 Å². The third-order valence-corrected chi connectivity index (χ3v) is 8.29. The number of hydrogen-bond donors (Lipinski definition) is 8. The Bertz CT molecular complexity index is 703. The predicted octanol–water partition coefficient (Wildman–Crippen LogP) is -0.477. The van der Waals surface area contributed by atoms with Gasteiger partial charge in [-0.05, 0) is 12.8 Å². The summed E-state index contributed by atoms with van der Waals surface area (Å²) >= 11 is 0. The van der Waals surface area contributed by atoms with Crippen molar-refractivity contribution < 1.29 is 50.4 Å². The number of hydrogen-bond acceptors (Lipinski definition) is 9. The second-order valence-corrected chi connectivity index (χ2v) is 10.7. The Morgan fingerprint density at radius 3 is 2.03 bits per heavy atom. The van der Waals surface area contributed by atoms with Gasteiger partial charge >= 0.3 is 0 Å². The fourth-order valence-corrected chi connectivity index (χ4v) is 6.23. The van der Waals surface area contributed by atoms with Crippen LogP contribution in [0, 0.1) is 11.8 Å². The second kappa shape index (κ2) is 14.7. The number of hydrazine groups is 1. The van der Waals surface area contributed by atoms with E-state index in [9.17, 15) is 30.7 Å². The lowest BCUT2D eigenvalue weighted by atomic mass is 9.74. The SMILES string of the molecule is NCCN(CC1O[C@@H]2C3C(CO)O[C@H](CCCCCCCCCCC1[C@H](O)[C@H]2O)[C@H](O)[C@H]3O)/[N+](O)=N/O. The average molecular weight is 536 g/mol. The Balaban J connectivity index is 1.92. The zero-order valence-electron chi connectivity index (χ0n) is 21.5. The van der Waals surface area contributed by atoms with E-state index in [1.54, 1.807) is 0 Å². The molecule has 0 aromatic heterocycles. The van der Waals surface area contributed by atoms with Crippen molar-refractivity contribution in [2.45, 2.75) is 113 Å². The van der Waals surface area contributed by atoms with Crippen LogP contribution in [0.25, 0.3) is 0 Å². The van der Waals surface area contributed by atoms with Gasteiger partial charge in [0, 0.05) is 18.4 Å². The number of nitrogens with zero attached hydrogens (tertiary/aromatic N) is 3. The first kappa shape index (κ1) is 30.2. The van der Waals surface area contributed by atoms with Crippen molar-refractivity contribution in [2.75, 3.05) is 26.2 Å². The molecule has 5 aliphatic rings. The molecule has 9 N–H and O–H groups in total. The summed E-state index contributed by atoms with van der Waals surface area (Å²) in [5.74, 6) is -1.54. The van der Waals surface area contributed by atoms with Crippen LogP contribution in [0.4, 0.5) is 0 Å². The fraction of sp³-hybridized carbons (Fsp3) is 1.00. The first-order valence-corrected chi connectivity index (χ1v) is 13.8. The Morgan fingerprint density at radius 1 is 0.811 bits per heavy atom. The van der Waals surface area contributed by atoms with Crippen molar-refractivity contribution in [1.29, 1.82) is 0 Å². The number of fused-ring (bicyclic) bond motifs is 2. The summed E-state index contributed by atoms with van der Waals surface area (Å²) in [5, 5.41) is 77.6. The molecule has 13 heteroatoms. The highest BCUT2D eigenvalue weighted by atomic mass is 16.6. The molecule has 5 aliphatic heterocycles. The number of aliphatic hydroxyl groups excluding tert-OH is 5. The zero-order chi connectivity index (χ0) is 26.9. The molecule has 37 heavy (non-hydrogen) atoms. The van der Waals surface area contributed by atoms with Gasteiger partial charge in [-0.3, -0.25) is 0 Å². The van der Waals surface area contributed by atoms with E-state index in [1.165, 1.54) is 5.01 Å². The summed E-state index contributed by atoms with van der Waals surface area (Å²) in [7, 11) is 0. The van der Waals surface area contributed by atoms with Gasteiger partial charge in [0.2, 0.25) is 0 Å². The van der Waals surface area contributed by atoms with Crippen LogP contribution in [-0.4, -0.2) is 121 Å². The molecule has 0 spiro atoms. The Morgan fingerprint density at radius 2 is 1.43 bits per heavy atom. The van der Waals surface area contributed by atoms with E-state index in [0.717, 1.165) is 51.4 Å². The maximum atomic E-state index is 11.2. The molecule has 0 aromatic rings. The van der Waals surface area contributed by atoms with Crippen molar-refractivity contribution in [3.8, 4) is 0 Å². The Kier molecular flexibility index (Phi) is 12.0. The average Bonchev–Trinajstić information content (AvgIpc) is 2.89. The topological polar surface area (TPSA) is 205 Å². The molecular formula is C24H47N4O9+. The van der Waals surface area contributed by atoms with Crippen molar-refractivity contribution in [3.05, 3.63) is 0 Å². The standard InChI is InChI=1S/C24H46N4O9/c25-11-12-27(28(35)26-34)13-17-15-9-7-5-3-1-2-4-6-8-10-16-21(31)22(32)19(18(14-29)36-16)24(37-17)23(33)20(15)30/h15-24,29-33,35H,1-14,25H2/p+1/t15?,16-,17?,18?,19?,20+,21+,22+,23-,24-/m1/s1. The summed E-state index contributed by atoms with van der Waals surface area (Å²) in [6.45, 7) is -0.241. The van der Waals surface area contributed by atoms with Crippen LogP contribution in [0.5, 0.6) is 0 Å². The number of ether oxygens (including phenoxy) is 2. The molecule has 4 unspecified atom stereocenters. The van der Waals surface area contributed by atoms with Gasteiger partial charge in [0.1, 0.15) is 18.8 Å². The molecule has 0 saturated carbocycles. The summed E-state index contributed by atoms with van der Waals surface area (Å²) in [5.41, 5.74) is 5.66. The van der Waals surface area contributed by atoms with Crippen molar-refractivity contribution in [3.63, 3.8) is 0 Å². The van der Waals surface area contributed by atoms with Gasteiger partial charge in [-0.15, -0.1) is 5.01 Å². The lowest BCUT2D eigenvalue weighted by Gasteiger charge is -2.51. The van der Waals surface area contributed by atoms with Gasteiger partial charge in [0.15, 0.2) is 0 Å². The van der Waals surface area contributed by atoms with Crippen molar-refractivity contribution in [2.24, 2.45) is 22.8 Å². The Hall–Kier alpha value is -1.32. The molecule has 4 bridgehead atoms. The minimum atomic E-state index is -1.41. The zero-order valence-corrected chi connectivity index (χ0v) is 21.5. The molecule has 0 radical (unpaired) electrons. The minimum absolute atomic E-state index is 0.0264. The maximum Gasteiger partial charge on any atom is 0.271 e. The predicted molar refractivity (Wildman–Crippen MR) is 128 cm³/mol. The first-order valence-electron chi connectivity index (χ1n) is 13.8. The summed E-state index contributed by atoms with van der Waals surface area (Å²) in [6.07, 6.45) is 0.248. The third-order valence-electron chi connectivity index (χ3n) is 8.29. The highest BCUT2D eigenvalue weighted by Gasteiger charge is 2.55. The summed E-state index contributed by atoms with van der Waals surface area (Å²) < 4.78 is 12.3. The van der Waals surface area contributed by atoms with Gasteiger partial charge in [-0.1, -0.05) is 51.4 Å². The molecule has 0 amide bonds. The van der Waals surface area contributed by atoms with Gasteiger partial charge < -0.3 is 45.9 Å². The number of nitrogens with two attached hydrogens (primary N) is 1. The normalized spacial score (nSPS) is 40.8. The summed E-state index contributed by atoms with van der Waals surface area (Å²) in [6, 6.07) is 0. The molecule has 5 fully saturated rings. The quantitative estimate of drug-likeness (QED) is 0.124. The van der Waals surface area contributed by atoms with Gasteiger partial charge in [-0.25, -0.2) is 5.21 Å². The van der Waals surface area contributed by atoms with E-state index in [2.05, 4.69) is 5.28 Å². The molecular weight excluding hydrogens is 488 g/mol. The molecule has 5 saturated heterocycles. The fourth-order valence-electron chi connectivity index (χ4n) is 6.23. The maximum absolute atomic E-state index is 11.2. The van der Waals surface area contributed by atoms with Crippen molar-refractivity contribution in [1.82, 2.24) is 5.01 Å². The molecule has 10 atom stereocenters. The molecule has 216 valence electrons. The van der Waals surface area contributed by atoms with E-state index in [1.807, 2.05) is 0 Å². The highest BCUT2D eigenvalue weighted by molar-refractivity contribution is 5.02. The van der Waals surface area contributed by atoms with E-state index in [0.29, 0.717) is 12.8 Å². The van der Waals surface area contributed by atoms with Gasteiger partial charge in [0.25, 0.3) is 10.2 Å². The summed E-state index contributed by atoms with van der Waals surface area (Å²) in [4.78, 5) is 0.252. The first-order chi connectivity index (χ1) is 17.8. The van der Waals surface area contributed by atoms with E-state index >= 15 is 0 Å². The Labute approximate surface area is 218 Å². The van der Waals surface area contributed by atoms with E-state index in [-0.39, 0.29) is 24.6 Å². The minimum Gasteiger partial charge on any atom is -0.394 e. The second-order valence-electron chi connectivity index (χ2n) is 10.7. The van der Waals surface area contributed by atoms with Crippen LogP contribution in [0.15, 0.2) is 5.28 Å². The highest BCUT2D eigenvalue weighted by Crippen LogP contribution is 2.40. The van der Waals surface area contributed by atoms with E-state index < -0.39 is 67.3 Å². The monoisotopic (exact) mass is 535 g/mol. The van der Waals surface area contributed by atoms with Crippen molar-refractivity contribution >= 4 is 0 Å². The van der Waals surface area contributed by atoms with E-state index in [4.69, 9.17) is 20.4 Å². The van der Waals surface area contributed by atoms with Gasteiger partial charge in [-0.2, -0.15) is 0 Å². The molecule has 5 heterocycles. The van der Waals surface area contributed by atoms with Crippen LogP contribution in [0.2, 0.25) is 0 Å². The van der Waals surface area contributed by atoms with Crippen LogP contribution in [-0.2, 0) is 9.47 Å². The lowest BCUT2D eigenvalue weighted by Crippen LogP contribution is -2.66. The number of rotatable bonds is 6. The molecule has 13 nitrogen and oxygen atoms in total. The largest absolute Gasteiger partial charge is 0.394 e. The molecule has 5 rings (SSSR count). The van der Waals surface area contributed by atoms with Crippen LogP contribution in [0.3, 0.4) is 0 Å². The molecule has 0 aliphatic carbocycles. The number of aliphatic hydroxyl groups is 5. The van der Waals surface area contributed by atoms with Crippen LogP contribution >= 0.6 is 0 Å². The molecule has 0 aromatic carbocycles. The van der Waals surface area contributed by atoms with Crippen LogP contribution < -0.4 is 5.73 Å². The lowest BCUT2D eigenvalue weighted by molar-refractivity contribution is -0.941. The van der Waals surface area contributed by atoms with Gasteiger partial charge in [0.05, 0.1) is 49.8 Å². The third kappa shape index (κ3) is 7.41.